The average molecular weight is 536 g/mol. The third-order valence-electron chi connectivity index (χ3n) is 6.77. The molecule has 1 saturated heterocycles. The standard InChI is InChI=1S/C29H37N5O3S/c1-3-23-11-7-8-12-25(23)32-29(36)34(17-18-37-2)20-27-31-26(21-38-27)28(35)30-24-13-15-33(16-14-24)19-22-9-5-4-6-10-22/h4-12,21,24H,3,13-20H2,1-2H3,(H,30,35)(H,32,36). The van der Waals surface area contributed by atoms with E-state index < -0.39 is 0 Å². The Kier molecular flexibility index (Phi) is 10.3. The van der Waals surface area contributed by atoms with Crippen molar-refractivity contribution < 1.29 is 14.3 Å². The topological polar surface area (TPSA) is 86.8 Å². The summed E-state index contributed by atoms with van der Waals surface area (Å²) in [4.78, 5) is 34.6. The van der Waals surface area contributed by atoms with Gasteiger partial charge in [0.25, 0.3) is 5.91 Å². The fraction of sp³-hybridized carbons (Fsp3) is 0.414. The van der Waals surface area contributed by atoms with Crippen molar-refractivity contribution >= 4 is 29.0 Å². The van der Waals surface area contributed by atoms with Crippen LogP contribution in [0.1, 0.15) is 46.4 Å². The summed E-state index contributed by atoms with van der Waals surface area (Å²) in [5, 5.41) is 8.66. The number of thiazole rings is 1. The van der Waals surface area contributed by atoms with E-state index in [4.69, 9.17) is 4.74 Å². The number of ether oxygens (including phenoxy) is 1. The van der Waals surface area contributed by atoms with Crippen molar-refractivity contribution in [1.29, 1.82) is 0 Å². The molecule has 0 atom stereocenters. The lowest BCUT2D eigenvalue weighted by Gasteiger charge is -2.32. The van der Waals surface area contributed by atoms with Gasteiger partial charge < -0.3 is 20.3 Å². The quantitative estimate of drug-likeness (QED) is 0.369. The molecule has 2 aromatic carbocycles. The second-order valence-corrected chi connectivity index (χ2v) is 10.4. The van der Waals surface area contributed by atoms with E-state index >= 15 is 0 Å². The zero-order valence-corrected chi connectivity index (χ0v) is 23.0. The maximum Gasteiger partial charge on any atom is 0.322 e. The van der Waals surface area contributed by atoms with E-state index in [0.29, 0.717) is 30.4 Å². The van der Waals surface area contributed by atoms with Crippen LogP contribution in [0.3, 0.4) is 0 Å². The normalized spacial score (nSPS) is 14.3. The maximum absolute atomic E-state index is 13.1. The number of carbonyl (C=O) groups excluding carboxylic acids is 2. The molecule has 202 valence electrons. The highest BCUT2D eigenvalue weighted by Gasteiger charge is 2.23. The third-order valence-corrected chi connectivity index (χ3v) is 7.61. The molecule has 3 aromatic rings. The lowest BCUT2D eigenvalue weighted by molar-refractivity contribution is 0.0904. The minimum absolute atomic E-state index is 0.141. The van der Waals surface area contributed by atoms with Crippen LogP contribution in [0.5, 0.6) is 0 Å². The number of urea groups is 1. The highest BCUT2D eigenvalue weighted by Crippen LogP contribution is 2.19. The molecule has 1 aromatic heterocycles. The van der Waals surface area contributed by atoms with E-state index in [1.54, 1.807) is 17.4 Å². The number of hydrogen-bond donors (Lipinski definition) is 2. The molecule has 0 bridgehead atoms. The van der Waals surface area contributed by atoms with Crippen molar-refractivity contribution in [3.8, 4) is 0 Å². The van der Waals surface area contributed by atoms with Crippen molar-refractivity contribution in [1.82, 2.24) is 20.1 Å². The number of anilines is 1. The van der Waals surface area contributed by atoms with Gasteiger partial charge in [0.15, 0.2) is 0 Å². The van der Waals surface area contributed by atoms with Crippen LogP contribution in [-0.4, -0.2) is 66.1 Å². The van der Waals surface area contributed by atoms with Crippen molar-refractivity contribution in [3.63, 3.8) is 0 Å². The maximum atomic E-state index is 13.1. The van der Waals surface area contributed by atoms with Gasteiger partial charge in [-0.25, -0.2) is 9.78 Å². The number of aryl methyl sites for hydroxylation is 1. The molecule has 9 heteroatoms. The van der Waals surface area contributed by atoms with Crippen LogP contribution in [0.4, 0.5) is 10.5 Å². The number of nitrogens with zero attached hydrogens (tertiary/aromatic N) is 3. The van der Waals surface area contributed by atoms with Gasteiger partial charge in [-0.2, -0.15) is 0 Å². The van der Waals surface area contributed by atoms with Crippen LogP contribution in [0.25, 0.3) is 0 Å². The summed E-state index contributed by atoms with van der Waals surface area (Å²) < 4.78 is 5.22. The van der Waals surface area contributed by atoms with E-state index in [0.717, 1.165) is 50.1 Å². The van der Waals surface area contributed by atoms with E-state index in [2.05, 4.69) is 51.7 Å². The first-order valence-corrected chi connectivity index (χ1v) is 14.1. The molecule has 0 saturated carbocycles. The zero-order valence-electron chi connectivity index (χ0n) is 22.2. The number of aromatic nitrogens is 1. The molecule has 2 N–H and O–H groups in total. The number of para-hydroxylation sites is 1. The Labute approximate surface area is 229 Å². The molecule has 2 heterocycles. The average Bonchev–Trinajstić information content (AvgIpc) is 3.42. The van der Waals surface area contributed by atoms with Gasteiger partial charge in [-0.1, -0.05) is 55.5 Å². The van der Waals surface area contributed by atoms with Crippen molar-refractivity contribution in [2.24, 2.45) is 0 Å². The summed E-state index contributed by atoms with van der Waals surface area (Å²) in [6.07, 6.45) is 2.66. The van der Waals surface area contributed by atoms with Gasteiger partial charge in [-0.3, -0.25) is 9.69 Å². The summed E-state index contributed by atoms with van der Waals surface area (Å²) in [6.45, 7) is 6.03. The van der Waals surface area contributed by atoms with Gasteiger partial charge in [0.2, 0.25) is 0 Å². The predicted octanol–water partition coefficient (Wildman–Crippen LogP) is 4.78. The molecular formula is C29H37N5O3S. The van der Waals surface area contributed by atoms with Crippen LogP contribution in [0.15, 0.2) is 60.0 Å². The summed E-state index contributed by atoms with van der Waals surface area (Å²) >= 11 is 1.39. The Bertz CT molecular complexity index is 1180. The summed E-state index contributed by atoms with van der Waals surface area (Å²) in [5.41, 5.74) is 3.59. The number of nitrogens with one attached hydrogen (secondary N) is 2. The Morgan fingerprint density at radius 1 is 1.11 bits per heavy atom. The van der Waals surface area contributed by atoms with Crippen LogP contribution in [0.2, 0.25) is 0 Å². The number of likely N-dealkylation sites (tertiary alicyclic amines) is 1. The molecule has 4 rings (SSSR count). The monoisotopic (exact) mass is 535 g/mol. The number of piperidine rings is 1. The number of hydrogen-bond acceptors (Lipinski definition) is 6. The van der Waals surface area contributed by atoms with Gasteiger partial charge in [0, 0.05) is 50.4 Å². The molecule has 0 aliphatic carbocycles. The highest BCUT2D eigenvalue weighted by atomic mass is 32.1. The second kappa shape index (κ2) is 14.0. The van der Waals surface area contributed by atoms with Crippen molar-refractivity contribution in [2.75, 3.05) is 38.7 Å². The van der Waals surface area contributed by atoms with Crippen LogP contribution >= 0.6 is 11.3 Å². The molecule has 1 aliphatic heterocycles. The lowest BCUT2D eigenvalue weighted by atomic mass is 10.0. The molecule has 8 nitrogen and oxygen atoms in total. The first kappa shape index (κ1) is 27.8. The Balaban J connectivity index is 1.29. The van der Waals surface area contributed by atoms with Gasteiger partial charge in [-0.15, -0.1) is 11.3 Å². The van der Waals surface area contributed by atoms with Crippen molar-refractivity contribution in [3.05, 3.63) is 81.8 Å². The highest BCUT2D eigenvalue weighted by molar-refractivity contribution is 7.09. The van der Waals surface area contributed by atoms with E-state index in [1.807, 2.05) is 30.3 Å². The van der Waals surface area contributed by atoms with Crippen molar-refractivity contribution in [2.45, 2.75) is 45.3 Å². The van der Waals surface area contributed by atoms with Crippen LogP contribution < -0.4 is 10.6 Å². The molecule has 0 radical (unpaired) electrons. The summed E-state index contributed by atoms with van der Waals surface area (Å²) in [6, 6.07) is 18.2. The lowest BCUT2D eigenvalue weighted by Crippen LogP contribution is -2.44. The van der Waals surface area contributed by atoms with Gasteiger partial charge >= 0.3 is 6.03 Å². The molecule has 1 aliphatic rings. The smallest absolute Gasteiger partial charge is 0.322 e. The second-order valence-electron chi connectivity index (χ2n) is 9.49. The number of methoxy groups -OCH3 is 1. The minimum Gasteiger partial charge on any atom is -0.383 e. The Hall–Kier alpha value is -3.27. The minimum atomic E-state index is -0.216. The SMILES string of the molecule is CCc1ccccc1NC(=O)N(CCOC)Cc1nc(C(=O)NC2CCN(Cc3ccccc3)CC2)cs1. The van der Waals surface area contributed by atoms with E-state index in [1.165, 1.54) is 16.9 Å². The molecular weight excluding hydrogens is 498 g/mol. The molecule has 3 amide bonds. The number of rotatable bonds is 11. The van der Waals surface area contributed by atoms with E-state index in [-0.39, 0.29) is 18.0 Å². The molecule has 38 heavy (non-hydrogen) atoms. The van der Waals surface area contributed by atoms with E-state index in [9.17, 15) is 9.59 Å². The van der Waals surface area contributed by atoms with Gasteiger partial charge in [0.1, 0.15) is 10.7 Å². The zero-order chi connectivity index (χ0) is 26.7. The largest absolute Gasteiger partial charge is 0.383 e. The summed E-state index contributed by atoms with van der Waals surface area (Å²) in [7, 11) is 1.61. The fourth-order valence-electron chi connectivity index (χ4n) is 4.59. The number of amides is 3. The summed E-state index contributed by atoms with van der Waals surface area (Å²) in [5.74, 6) is -0.154. The van der Waals surface area contributed by atoms with Gasteiger partial charge in [-0.05, 0) is 36.5 Å². The van der Waals surface area contributed by atoms with Gasteiger partial charge in [0.05, 0.1) is 13.2 Å². The Morgan fingerprint density at radius 3 is 2.58 bits per heavy atom. The third kappa shape index (κ3) is 7.86. The number of carbonyl (C=O) groups is 2. The first-order chi connectivity index (χ1) is 18.6. The number of benzene rings is 2. The predicted molar refractivity (Wildman–Crippen MR) is 151 cm³/mol. The molecule has 0 unspecified atom stereocenters. The van der Waals surface area contributed by atoms with Crippen LogP contribution in [-0.2, 0) is 24.2 Å². The first-order valence-electron chi connectivity index (χ1n) is 13.2. The van der Waals surface area contributed by atoms with Crippen LogP contribution in [0, 0.1) is 0 Å². The molecule has 0 spiro atoms. The Morgan fingerprint density at radius 2 is 1.84 bits per heavy atom. The molecule has 1 fully saturated rings. The fourth-order valence-corrected chi connectivity index (χ4v) is 5.37.